The van der Waals surface area contributed by atoms with Gasteiger partial charge >= 0.3 is 6.61 Å². The van der Waals surface area contributed by atoms with E-state index in [1.54, 1.807) is 12.3 Å². The van der Waals surface area contributed by atoms with E-state index in [9.17, 15) is 13.2 Å². The minimum absolute atomic E-state index is 0.0741. The molecule has 0 radical (unpaired) electrons. The first-order chi connectivity index (χ1) is 11.4. The van der Waals surface area contributed by atoms with E-state index in [0.29, 0.717) is 17.3 Å². The van der Waals surface area contributed by atoms with Gasteiger partial charge in [0.15, 0.2) is 11.6 Å². The maximum absolute atomic E-state index is 13.3. The van der Waals surface area contributed by atoms with E-state index in [4.69, 9.17) is 10.5 Å². The normalized spacial score (nSPS) is 11.5. The van der Waals surface area contributed by atoms with Crippen molar-refractivity contribution in [2.75, 3.05) is 11.9 Å². The molecule has 0 aliphatic rings. The molecule has 2 aromatic rings. The van der Waals surface area contributed by atoms with Crippen molar-refractivity contribution in [3.8, 4) is 11.6 Å². The SMILES string of the molecule is Cc1ccc(OC/C(N)=C/Nc2ccc(F)c(OC(F)F)c2)nc1. The average Bonchev–Trinajstić information content (AvgIpc) is 2.54. The summed E-state index contributed by atoms with van der Waals surface area (Å²) < 4.78 is 47.1. The number of nitrogens with two attached hydrogens (primary N) is 1. The lowest BCUT2D eigenvalue weighted by Crippen LogP contribution is -2.11. The van der Waals surface area contributed by atoms with Crippen molar-refractivity contribution in [1.29, 1.82) is 0 Å². The Kier molecular flexibility index (Phi) is 5.89. The highest BCUT2D eigenvalue weighted by molar-refractivity contribution is 5.50. The highest BCUT2D eigenvalue weighted by Crippen LogP contribution is 2.23. The van der Waals surface area contributed by atoms with Crippen LogP contribution in [0.1, 0.15) is 5.56 Å². The summed E-state index contributed by atoms with van der Waals surface area (Å²) in [7, 11) is 0. The number of hydrogen-bond acceptors (Lipinski definition) is 5. The van der Waals surface area contributed by atoms with Crippen LogP contribution < -0.4 is 20.5 Å². The molecule has 2 rings (SSSR count). The Bertz CT molecular complexity index is 706. The molecule has 1 heterocycles. The molecule has 5 nitrogen and oxygen atoms in total. The number of aryl methyl sites for hydroxylation is 1. The number of rotatable bonds is 7. The Morgan fingerprint density at radius 1 is 1.33 bits per heavy atom. The van der Waals surface area contributed by atoms with E-state index in [1.807, 2.05) is 13.0 Å². The van der Waals surface area contributed by atoms with Gasteiger partial charge in [-0.25, -0.2) is 9.37 Å². The van der Waals surface area contributed by atoms with E-state index in [-0.39, 0.29) is 6.61 Å². The molecule has 1 aromatic heterocycles. The molecule has 3 N–H and O–H groups in total. The van der Waals surface area contributed by atoms with Gasteiger partial charge in [0, 0.05) is 30.2 Å². The van der Waals surface area contributed by atoms with Crippen LogP contribution in [0.15, 0.2) is 48.4 Å². The molecule has 0 spiro atoms. The van der Waals surface area contributed by atoms with E-state index in [1.165, 1.54) is 12.3 Å². The van der Waals surface area contributed by atoms with Crippen molar-refractivity contribution >= 4 is 5.69 Å². The predicted molar refractivity (Wildman–Crippen MR) is 83.4 cm³/mol. The molecule has 0 saturated carbocycles. The second kappa shape index (κ2) is 8.09. The second-order valence-corrected chi connectivity index (χ2v) is 4.85. The van der Waals surface area contributed by atoms with Crippen LogP contribution in [0.2, 0.25) is 0 Å². The molecule has 1 aromatic carbocycles. The molecule has 8 heteroatoms. The van der Waals surface area contributed by atoms with E-state index >= 15 is 0 Å². The van der Waals surface area contributed by atoms with E-state index < -0.39 is 18.2 Å². The number of benzene rings is 1. The first-order valence-electron chi connectivity index (χ1n) is 6.95. The number of hydrogen-bond donors (Lipinski definition) is 2. The standard InChI is InChI=1S/C16H16F3N3O2/c1-10-2-5-15(22-7-10)23-9-11(20)8-21-12-3-4-13(17)14(6-12)24-16(18)19/h2-8,16,21H,9,20H2,1H3/b11-8-. The first kappa shape index (κ1) is 17.5. The van der Waals surface area contributed by atoms with Crippen LogP contribution in [0.4, 0.5) is 18.9 Å². The molecule has 0 fully saturated rings. The number of alkyl halides is 2. The fraction of sp³-hybridized carbons (Fsp3) is 0.188. The molecule has 0 amide bonds. The third kappa shape index (κ3) is 5.38. The van der Waals surface area contributed by atoms with Crippen molar-refractivity contribution < 1.29 is 22.6 Å². The Balaban J connectivity index is 1.93. The largest absolute Gasteiger partial charge is 0.471 e. The quantitative estimate of drug-likeness (QED) is 0.809. The number of pyridine rings is 1. The summed E-state index contributed by atoms with van der Waals surface area (Å²) in [5.74, 6) is -1.01. The zero-order valence-electron chi connectivity index (χ0n) is 12.8. The molecule has 128 valence electrons. The molecule has 0 aliphatic carbocycles. The van der Waals surface area contributed by atoms with E-state index in [2.05, 4.69) is 15.0 Å². The van der Waals surface area contributed by atoms with Crippen LogP contribution in [-0.2, 0) is 0 Å². The number of nitrogens with one attached hydrogen (secondary N) is 1. The summed E-state index contributed by atoms with van der Waals surface area (Å²) in [4.78, 5) is 4.06. The first-order valence-corrected chi connectivity index (χ1v) is 6.95. The Morgan fingerprint density at radius 3 is 2.79 bits per heavy atom. The van der Waals surface area contributed by atoms with Gasteiger partial charge in [0.05, 0.1) is 5.70 Å². The monoisotopic (exact) mass is 339 g/mol. The fourth-order valence-corrected chi connectivity index (χ4v) is 1.69. The van der Waals surface area contributed by atoms with Gasteiger partial charge in [0.2, 0.25) is 5.88 Å². The van der Waals surface area contributed by atoms with Crippen LogP contribution in [0, 0.1) is 12.7 Å². The van der Waals surface area contributed by atoms with Gasteiger partial charge in [-0.1, -0.05) is 6.07 Å². The maximum Gasteiger partial charge on any atom is 0.387 e. The Labute approximate surface area is 136 Å². The highest BCUT2D eigenvalue weighted by Gasteiger charge is 2.10. The lowest BCUT2D eigenvalue weighted by molar-refractivity contribution is -0.0521. The van der Waals surface area contributed by atoms with Crippen molar-refractivity contribution in [3.63, 3.8) is 0 Å². The molecule has 0 atom stereocenters. The lowest BCUT2D eigenvalue weighted by Gasteiger charge is -2.09. The van der Waals surface area contributed by atoms with Gasteiger partial charge in [0.25, 0.3) is 0 Å². The van der Waals surface area contributed by atoms with Crippen LogP contribution in [0.5, 0.6) is 11.6 Å². The van der Waals surface area contributed by atoms with Gasteiger partial charge in [-0.2, -0.15) is 8.78 Å². The number of aromatic nitrogens is 1. The van der Waals surface area contributed by atoms with Crippen LogP contribution in [0.3, 0.4) is 0 Å². The Hall–Kier alpha value is -2.90. The summed E-state index contributed by atoms with van der Waals surface area (Å²) in [6, 6.07) is 7.04. The minimum Gasteiger partial charge on any atom is -0.471 e. The fourth-order valence-electron chi connectivity index (χ4n) is 1.69. The number of nitrogens with zero attached hydrogens (tertiary/aromatic N) is 1. The molecular weight excluding hydrogens is 323 g/mol. The summed E-state index contributed by atoms with van der Waals surface area (Å²) in [5, 5.41) is 2.75. The van der Waals surface area contributed by atoms with Crippen molar-refractivity contribution in [2.24, 2.45) is 5.73 Å². The number of halogens is 3. The smallest absolute Gasteiger partial charge is 0.387 e. The van der Waals surface area contributed by atoms with Crippen LogP contribution in [0.25, 0.3) is 0 Å². The summed E-state index contributed by atoms with van der Waals surface area (Å²) in [6.45, 7) is -1.13. The maximum atomic E-state index is 13.3. The predicted octanol–water partition coefficient (Wildman–Crippen LogP) is 3.42. The molecule has 0 bridgehead atoms. The summed E-state index contributed by atoms with van der Waals surface area (Å²) in [6.07, 6.45) is 3.07. The van der Waals surface area contributed by atoms with Gasteiger partial charge in [0.1, 0.15) is 6.61 Å². The molecule has 0 unspecified atom stereocenters. The Morgan fingerprint density at radius 2 is 2.12 bits per heavy atom. The van der Waals surface area contributed by atoms with Crippen LogP contribution in [-0.4, -0.2) is 18.2 Å². The van der Waals surface area contributed by atoms with Gasteiger partial charge in [-0.15, -0.1) is 0 Å². The zero-order chi connectivity index (χ0) is 17.5. The van der Waals surface area contributed by atoms with Crippen molar-refractivity contribution in [2.45, 2.75) is 13.5 Å². The molecule has 24 heavy (non-hydrogen) atoms. The third-order valence-corrected chi connectivity index (χ3v) is 2.84. The molecular formula is C16H16F3N3O2. The van der Waals surface area contributed by atoms with Crippen molar-refractivity contribution in [1.82, 2.24) is 4.98 Å². The zero-order valence-corrected chi connectivity index (χ0v) is 12.8. The lowest BCUT2D eigenvalue weighted by atomic mass is 10.3. The average molecular weight is 339 g/mol. The number of ether oxygens (including phenoxy) is 2. The summed E-state index contributed by atoms with van der Waals surface area (Å²) >= 11 is 0. The topological polar surface area (TPSA) is 69.4 Å². The second-order valence-electron chi connectivity index (χ2n) is 4.85. The van der Waals surface area contributed by atoms with Gasteiger partial charge in [-0.3, -0.25) is 0 Å². The minimum atomic E-state index is -3.11. The molecule has 0 saturated heterocycles. The van der Waals surface area contributed by atoms with E-state index in [0.717, 1.165) is 17.7 Å². The van der Waals surface area contributed by atoms with Crippen LogP contribution >= 0.6 is 0 Å². The highest BCUT2D eigenvalue weighted by atomic mass is 19.3. The third-order valence-electron chi connectivity index (χ3n) is 2.84. The van der Waals surface area contributed by atoms with Crippen molar-refractivity contribution in [3.05, 3.63) is 59.8 Å². The number of anilines is 1. The summed E-state index contributed by atoms with van der Waals surface area (Å²) in [5.41, 5.74) is 7.44. The molecule has 0 aliphatic heterocycles. The van der Waals surface area contributed by atoms with Gasteiger partial charge in [-0.05, 0) is 24.6 Å². The van der Waals surface area contributed by atoms with Gasteiger partial charge < -0.3 is 20.5 Å².